The van der Waals surface area contributed by atoms with E-state index in [1.807, 2.05) is 0 Å². The summed E-state index contributed by atoms with van der Waals surface area (Å²) in [5, 5.41) is 3.43. The van der Waals surface area contributed by atoms with Crippen molar-refractivity contribution in [2.45, 2.75) is 39.8 Å². The molecule has 72 valence electrons. The Kier molecular flexibility index (Phi) is 3.13. The van der Waals surface area contributed by atoms with Crippen molar-refractivity contribution >= 4 is 0 Å². The van der Waals surface area contributed by atoms with Crippen LogP contribution in [0.3, 0.4) is 0 Å². The number of rotatable bonds is 2. The molecule has 0 saturated carbocycles. The third kappa shape index (κ3) is 1.64. The molecule has 1 rings (SSSR count). The Bertz CT molecular complexity index is 125. The van der Waals surface area contributed by atoms with Crippen molar-refractivity contribution in [2.24, 2.45) is 0 Å². The molecule has 12 heavy (non-hydrogen) atoms. The lowest BCUT2D eigenvalue weighted by Crippen LogP contribution is -2.65. The quantitative estimate of drug-likeness (QED) is 0.616. The average Bonchev–Trinajstić information content (AvgIpc) is 2.05. The molecule has 1 aliphatic rings. The van der Waals surface area contributed by atoms with Crippen LogP contribution >= 0.6 is 0 Å². The molecule has 1 saturated heterocycles. The first-order chi connectivity index (χ1) is 5.59. The van der Waals surface area contributed by atoms with Gasteiger partial charge in [0.2, 0.25) is 0 Å². The van der Waals surface area contributed by atoms with E-state index in [0.717, 1.165) is 12.1 Å². The van der Waals surface area contributed by atoms with Crippen LogP contribution in [0.1, 0.15) is 27.7 Å². The summed E-state index contributed by atoms with van der Waals surface area (Å²) < 4.78 is 1.30. The monoisotopic (exact) mass is 171 g/mol. The third-order valence-corrected chi connectivity index (χ3v) is 3.47. The lowest BCUT2D eigenvalue weighted by Gasteiger charge is -2.48. The summed E-state index contributed by atoms with van der Waals surface area (Å²) in [6.07, 6.45) is 0. The standard InChI is InChI=1S/C10H23N2/c1-9(2)12(10(3)4)7-5-11-6-8-12/h9-11H,5-8H2,1-4H3/q+1. The van der Waals surface area contributed by atoms with Gasteiger partial charge < -0.3 is 9.80 Å². The van der Waals surface area contributed by atoms with Crippen molar-refractivity contribution in [2.75, 3.05) is 26.2 Å². The average molecular weight is 171 g/mol. The van der Waals surface area contributed by atoms with Crippen molar-refractivity contribution in [3.8, 4) is 0 Å². The third-order valence-electron chi connectivity index (χ3n) is 3.47. The summed E-state index contributed by atoms with van der Waals surface area (Å²) in [7, 11) is 0. The van der Waals surface area contributed by atoms with Crippen LogP contribution in [0.25, 0.3) is 0 Å². The highest BCUT2D eigenvalue weighted by Gasteiger charge is 2.35. The Morgan fingerprint density at radius 1 is 0.917 bits per heavy atom. The van der Waals surface area contributed by atoms with Gasteiger partial charge >= 0.3 is 0 Å². The highest BCUT2D eigenvalue weighted by molar-refractivity contribution is 4.62. The number of hydrogen-bond acceptors (Lipinski definition) is 1. The molecule has 0 unspecified atom stereocenters. The number of piperazine rings is 1. The van der Waals surface area contributed by atoms with Gasteiger partial charge in [0, 0.05) is 13.1 Å². The van der Waals surface area contributed by atoms with E-state index < -0.39 is 0 Å². The maximum absolute atomic E-state index is 3.43. The van der Waals surface area contributed by atoms with Crippen molar-refractivity contribution < 1.29 is 4.48 Å². The molecule has 0 amide bonds. The van der Waals surface area contributed by atoms with E-state index in [1.54, 1.807) is 0 Å². The zero-order valence-corrected chi connectivity index (χ0v) is 8.93. The summed E-state index contributed by atoms with van der Waals surface area (Å²) in [5.74, 6) is 0. The van der Waals surface area contributed by atoms with Crippen LogP contribution in [-0.2, 0) is 0 Å². The second-order valence-corrected chi connectivity index (χ2v) is 4.49. The van der Waals surface area contributed by atoms with Crippen LogP contribution < -0.4 is 5.32 Å². The van der Waals surface area contributed by atoms with Gasteiger partial charge in [0.05, 0.1) is 25.2 Å². The largest absolute Gasteiger partial charge is 0.318 e. The summed E-state index contributed by atoms with van der Waals surface area (Å²) in [6.45, 7) is 14.4. The first kappa shape index (κ1) is 10.0. The van der Waals surface area contributed by atoms with Gasteiger partial charge in [-0.3, -0.25) is 0 Å². The van der Waals surface area contributed by atoms with Crippen molar-refractivity contribution in [1.29, 1.82) is 0 Å². The predicted octanol–water partition coefficient (Wildman–Crippen LogP) is 1.22. The second-order valence-electron chi connectivity index (χ2n) is 4.49. The van der Waals surface area contributed by atoms with Crippen molar-refractivity contribution in [3.63, 3.8) is 0 Å². The SMILES string of the molecule is CC(C)[N+]1(C(C)C)CCNCC1. The summed E-state index contributed by atoms with van der Waals surface area (Å²) in [5.41, 5.74) is 0. The first-order valence-electron chi connectivity index (χ1n) is 5.17. The van der Waals surface area contributed by atoms with Gasteiger partial charge in [0.25, 0.3) is 0 Å². The van der Waals surface area contributed by atoms with Crippen LogP contribution in [0.2, 0.25) is 0 Å². The maximum atomic E-state index is 3.43. The van der Waals surface area contributed by atoms with E-state index in [-0.39, 0.29) is 0 Å². The molecule has 1 heterocycles. The summed E-state index contributed by atoms with van der Waals surface area (Å²) in [4.78, 5) is 0. The molecule has 0 spiro atoms. The Morgan fingerprint density at radius 3 is 1.58 bits per heavy atom. The molecule has 1 N–H and O–H groups in total. The van der Waals surface area contributed by atoms with Gasteiger partial charge in [-0.1, -0.05) is 0 Å². The molecule has 0 aromatic carbocycles. The van der Waals surface area contributed by atoms with Crippen molar-refractivity contribution in [1.82, 2.24) is 5.32 Å². The zero-order chi connectivity index (χ0) is 9.19. The number of quaternary nitrogens is 1. The molecule has 1 fully saturated rings. The molecule has 2 nitrogen and oxygen atoms in total. The highest BCUT2D eigenvalue weighted by atomic mass is 15.4. The maximum Gasteiger partial charge on any atom is 0.0917 e. The molecule has 0 radical (unpaired) electrons. The van der Waals surface area contributed by atoms with Crippen LogP contribution in [0.5, 0.6) is 0 Å². The van der Waals surface area contributed by atoms with E-state index in [0.29, 0.717) is 0 Å². The number of nitrogens with one attached hydrogen (secondary N) is 1. The number of nitrogens with zero attached hydrogens (tertiary/aromatic N) is 1. The van der Waals surface area contributed by atoms with Gasteiger partial charge in [-0.2, -0.15) is 0 Å². The smallest absolute Gasteiger partial charge is 0.0917 e. The topological polar surface area (TPSA) is 12.0 Å². The van der Waals surface area contributed by atoms with E-state index in [4.69, 9.17) is 0 Å². The van der Waals surface area contributed by atoms with Crippen LogP contribution in [-0.4, -0.2) is 42.7 Å². The molecule has 1 aliphatic heterocycles. The normalized spacial score (nSPS) is 23.5. The van der Waals surface area contributed by atoms with Crippen LogP contribution in [0.4, 0.5) is 0 Å². The van der Waals surface area contributed by atoms with Crippen molar-refractivity contribution in [3.05, 3.63) is 0 Å². The molecular weight excluding hydrogens is 148 g/mol. The van der Waals surface area contributed by atoms with Gasteiger partial charge in [0.1, 0.15) is 0 Å². The van der Waals surface area contributed by atoms with E-state index in [1.165, 1.54) is 30.7 Å². The lowest BCUT2D eigenvalue weighted by molar-refractivity contribution is -0.968. The minimum Gasteiger partial charge on any atom is -0.318 e. The fourth-order valence-corrected chi connectivity index (χ4v) is 2.44. The Morgan fingerprint density at radius 2 is 1.33 bits per heavy atom. The summed E-state index contributed by atoms with van der Waals surface area (Å²) >= 11 is 0. The summed E-state index contributed by atoms with van der Waals surface area (Å²) in [6, 6.07) is 1.54. The minimum atomic E-state index is 0.770. The molecule has 0 bridgehead atoms. The second kappa shape index (κ2) is 3.75. The van der Waals surface area contributed by atoms with Gasteiger partial charge in [-0.25, -0.2) is 0 Å². The Hall–Kier alpha value is -0.0800. The van der Waals surface area contributed by atoms with E-state index >= 15 is 0 Å². The number of hydrogen-bond donors (Lipinski definition) is 1. The molecule has 0 atom stereocenters. The predicted molar refractivity (Wildman–Crippen MR) is 53.1 cm³/mol. The molecule has 0 aromatic rings. The fourth-order valence-electron chi connectivity index (χ4n) is 2.44. The van der Waals surface area contributed by atoms with Crippen LogP contribution in [0.15, 0.2) is 0 Å². The Balaban J connectivity index is 2.70. The van der Waals surface area contributed by atoms with Crippen LogP contribution in [0, 0.1) is 0 Å². The highest BCUT2D eigenvalue weighted by Crippen LogP contribution is 2.19. The molecular formula is C10H23N2+. The molecule has 0 aromatic heterocycles. The Labute approximate surface area is 76.5 Å². The minimum absolute atomic E-state index is 0.770. The molecule has 2 heteroatoms. The van der Waals surface area contributed by atoms with Gasteiger partial charge in [0.15, 0.2) is 0 Å². The first-order valence-corrected chi connectivity index (χ1v) is 5.17. The van der Waals surface area contributed by atoms with E-state index in [2.05, 4.69) is 33.0 Å². The fraction of sp³-hybridized carbons (Fsp3) is 1.00. The molecule has 0 aliphatic carbocycles. The van der Waals surface area contributed by atoms with Gasteiger partial charge in [-0.05, 0) is 27.7 Å². The van der Waals surface area contributed by atoms with Gasteiger partial charge in [-0.15, -0.1) is 0 Å². The zero-order valence-electron chi connectivity index (χ0n) is 8.93. The lowest BCUT2D eigenvalue weighted by atomic mass is 10.1. The van der Waals surface area contributed by atoms with E-state index in [9.17, 15) is 0 Å².